The molecule has 0 aliphatic carbocycles. The molecule has 0 aliphatic rings. The van der Waals surface area contributed by atoms with Crippen molar-refractivity contribution < 1.29 is 18.7 Å². The maximum absolute atomic E-state index is 13.0. The van der Waals surface area contributed by atoms with Gasteiger partial charge in [0, 0.05) is 23.6 Å². The van der Waals surface area contributed by atoms with Crippen LogP contribution in [0.25, 0.3) is 10.2 Å². The van der Waals surface area contributed by atoms with Crippen molar-refractivity contribution in [2.24, 2.45) is 4.99 Å². The molecule has 0 bridgehead atoms. The highest BCUT2D eigenvalue weighted by atomic mass is 32.2. The second-order valence-electron chi connectivity index (χ2n) is 6.24. The molecule has 1 aromatic heterocycles. The van der Waals surface area contributed by atoms with Gasteiger partial charge >= 0.3 is 0 Å². The van der Waals surface area contributed by atoms with Crippen LogP contribution >= 0.6 is 23.1 Å². The van der Waals surface area contributed by atoms with E-state index in [9.17, 15) is 9.18 Å². The number of thioether (sulfide) groups is 1. The number of carbonyl (C=O) groups is 1. The molecule has 0 unspecified atom stereocenters. The number of thiazole rings is 1. The summed E-state index contributed by atoms with van der Waals surface area (Å²) in [5.74, 6) is 1.59. The monoisotopic (exact) mass is 434 g/mol. The van der Waals surface area contributed by atoms with E-state index in [1.54, 1.807) is 26.4 Å². The van der Waals surface area contributed by atoms with E-state index in [-0.39, 0.29) is 11.7 Å². The Morgan fingerprint density at radius 3 is 2.48 bits per heavy atom. The first-order chi connectivity index (χ1) is 14.1. The summed E-state index contributed by atoms with van der Waals surface area (Å²) in [5.41, 5.74) is 0.894. The average molecular weight is 435 g/mol. The Morgan fingerprint density at radius 2 is 1.83 bits per heavy atom. The van der Waals surface area contributed by atoms with Crippen molar-refractivity contribution >= 4 is 39.2 Å². The van der Waals surface area contributed by atoms with Crippen LogP contribution in [0.1, 0.15) is 19.8 Å². The van der Waals surface area contributed by atoms with Gasteiger partial charge < -0.3 is 14.0 Å². The number of aryl methyl sites for hydroxylation is 1. The summed E-state index contributed by atoms with van der Waals surface area (Å²) >= 11 is 2.94. The number of rotatable bonds is 8. The van der Waals surface area contributed by atoms with Crippen molar-refractivity contribution in [2.75, 3.05) is 20.0 Å². The number of nitrogens with zero attached hydrogens (tertiary/aromatic N) is 2. The third kappa shape index (κ3) is 5.00. The van der Waals surface area contributed by atoms with Crippen LogP contribution in [0.5, 0.6) is 11.5 Å². The van der Waals surface area contributed by atoms with E-state index < -0.39 is 0 Å². The number of hydrogen-bond donors (Lipinski definition) is 0. The van der Waals surface area contributed by atoms with Crippen LogP contribution in [0.4, 0.5) is 4.39 Å². The molecule has 8 heteroatoms. The second kappa shape index (κ2) is 9.93. The van der Waals surface area contributed by atoms with Crippen LogP contribution in [-0.2, 0) is 11.3 Å². The zero-order valence-electron chi connectivity index (χ0n) is 16.6. The quantitative estimate of drug-likeness (QED) is 0.474. The molecule has 0 saturated carbocycles. The predicted octanol–water partition coefficient (Wildman–Crippen LogP) is 4.88. The molecule has 0 atom stereocenters. The van der Waals surface area contributed by atoms with E-state index in [1.165, 1.54) is 35.2 Å². The lowest BCUT2D eigenvalue weighted by Crippen LogP contribution is -2.17. The Kier molecular flexibility index (Phi) is 7.33. The van der Waals surface area contributed by atoms with Gasteiger partial charge in [-0.2, -0.15) is 4.99 Å². The van der Waals surface area contributed by atoms with Crippen molar-refractivity contribution in [2.45, 2.75) is 31.2 Å². The first-order valence-electron chi connectivity index (χ1n) is 9.27. The number of halogens is 1. The van der Waals surface area contributed by atoms with E-state index in [0.717, 1.165) is 39.6 Å². The summed E-state index contributed by atoms with van der Waals surface area (Å²) in [6, 6.07) is 9.98. The molecular formula is C21H23FN2O3S2. The van der Waals surface area contributed by atoms with E-state index in [0.29, 0.717) is 17.0 Å². The molecule has 3 rings (SSSR count). The zero-order valence-corrected chi connectivity index (χ0v) is 18.2. The van der Waals surface area contributed by atoms with E-state index in [4.69, 9.17) is 9.47 Å². The van der Waals surface area contributed by atoms with Crippen molar-refractivity contribution in [3.05, 3.63) is 47.0 Å². The maximum atomic E-state index is 13.0. The molecule has 0 aliphatic heterocycles. The number of ether oxygens (including phenoxy) is 2. The van der Waals surface area contributed by atoms with Gasteiger partial charge in [-0.1, -0.05) is 18.3 Å². The third-order valence-corrected chi connectivity index (χ3v) is 6.36. The number of aromatic nitrogens is 1. The van der Waals surface area contributed by atoms with Gasteiger partial charge in [0.1, 0.15) is 27.5 Å². The molecule has 29 heavy (non-hydrogen) atoms. The van der Waals surface area contributed by atoms with Gasteiger partial charge in [-0.15, -0.1) is 11.8 Å². The minimum atomic E-state index is -0.267. The van der Waals surface area contributed by atoms with Crippen molar-refractivity contribution in [1.82, 2.24) is 4.57 Å². The third-order valence-electron chi connectivity index (χ3n) is 4.26. The normalized spacial score (nSPS) is 11.8. The summed E-state index contributed by atoms with van der Waals surface area (Å²) in [6.45, 7) is 2.80. The van der Waals surface area contributed by atoms with Crippen LogP contribution in [-0.4, -0.2) is 30.4 Å². The Morgan fingerprint density at radius 1 is 1.14 bits per heavy atom. The topological polar surface area (TPSA) is 52.8 Å². The zero-order chi connectivity index (χ0) is 20.8. The standard InChI is InChI=1S/C21H23FN2O3S2/c1-4-12-24-19-16(26-2)9-10-17(27-3)20(19)29-21(24)23-18(25)11-13-28-15-7-5-14(22)6-8-15/h5-10H,4,11-13H2,1-3H3. The average Bonchev–Trinajstić information content (AvgIpc) is 3.07. The highest BCUT2D eigenvalue weighted by molar-refractivity contribution is 7.99. The van der Waals surface area contributed by atoms with Crippen LogP contribution in [0.3, 0.4) is 0 Å². The van der Waals surface area contributed by atoms with Crippen molar-refractivity contribution in [3.8, 4) is 11.5 Å². The molecule has 1 heterocycles. The summed E-state index contributed by atoms with van der Waals surface area (Å²) in [6.07, 6.45) is 1.20. The molecule has 154 valence electrons. The molecule has 0 N–H and O–H groups in total. The van der Waals surface area contributed by atoms with Gasteiger partial charge in [0.2, 0.25) is 5.91 Å². The summed E-state index contributed by atoms with van der Waals surface area (Å²) in [7, 11) is 3.25. The number of benzene rings is 2. The predicted molar refractivity (Wildman–Crippen MR) is 116 cm³/mol. The van der Waals surface area contributed by atoms with Crippen LogP contribution in [0, 0.1) is 5.82 Å². The van der Waals surface area contributed by atoms with Crippen molar-refractivity contribution in [3.63, 3.8) is 0 Å². The summed E-state index contributed by atoms with van der Waals surface area (Å²) in [5, 5.41) is 0. The molecule has 3 aromatic rings. The Hall–Kier alpha value is -2.32. The number of fused-ring (bicyclic) bond motifs is 1. The lowest BCUT2D eigenvalue weighted by Gasteiger charge is -2.09. The Labute approximate surface area is 177 Å². The SMILES string of the molecule is CCCn1c(=NC(=O)CCSc2ccc(F)cc2)sc2c(OC)ccc(OC)c21. The minimum Gasteiger partial charge on any atom is -0.495 e. The second-order valence-corrected chi connectivity index (χ2v) is 8.39. The van der Waals surface area contributed by atoms with Crippen molar-refractivity contribution in [1.29, 1.82) is 0 Å². The van der Waals surface area contributed by atoms with E-state index >= 15 is 0 Å². The Balaban J connectivity index is 1.86. The van der Waals surface area contributed by atoms with Gasteiger partial charge in [-0.25, -0.2) is 4.39 Å². The summed E-state index contributed by atoms with van der Waals surface area (Å²) < 4.78 is 26.9. The fraction of sp³-hybridized carbons (Fsp3) is 0.333. The molecule has 2 aromatic carbocycles. The fourth-order valence-electron chi connectivity index (χ4n) is 2.92. The number of carbonyl (C=O) groups excluding carboxylic acids is 1. The number of amides is 1. The van der Waals surface area contributed by atoms with Gasteiger partial charge in [0.15, 0.2) is 4.80 Å². The lowest BCUT2D eigenvalue weighted by molar-refractivity contribution is -0.117. The number of hydrogen-bond acceptors (Lipinski definition) is 5. The van der Waals surface area contributed by atoms with E-state index in [2.05, 4.69) is 11.9 Å². The largest absolute Gasteiger partial charge is 0.495 e. The molecule has 0 saturated heterocycles. The van der Waals surface area contributed by atoms with Crippen LogP contribution < -0.4 is 14.3 Å². The van der Waals surface area contributed by atoms with Gasteiger partial charge in [-0.05, 0) is 42.8 Å². The lowest BCUT2D eigenvalue weighted by atomic mass is 10.3. The first kappa shape index (κ1) is 21.4. The minimum absolute atomic E-state index is 0.186. The van der Waals surface area contributed by atoms with E-state index in [1.807, 2.05) is 16.7 Å². The Bertz CT molecular complexity index is 1060. The molecule has 5 nitrogen and oxygen atoms in total. The molecule has 1 amide bonds. The smallest absolute Gasteiger partial charge is 0.249 e. The van der Waals surface area contributed by atoms with Crippen LogP contribution in [0.2, 0.25) is 0 Å². The van der Waals surface area contributed by atoms with Gasteiger partial charge in [0.25, 0.3) is 0 Å². The first-order valence-corrected chi connectivity index (χ1v) is 11.1. The highest BCUT2D eigenvalue weighted by Crippen LogP contribution is 2.35. The molecule has 0 fully saturated rings. The maximum Gasteiger partial charge on any atom is 0.249 e. The van der Waals surface area contributed by atoms with Gasteiger partial charge in [0.05, 0.1) is 14.2 Å². The van der Waals surface area contributed by atoms with Gasteiger partial charge in [-0.3, -0.25) is 4.79 Å². The molecular weight excluding hydrogens is 411 g/mol. The van der Waals surface area contributed by atoms with Crippen LogP contribution in [0.15, 0.2) is 46.3 Å². The number of methoxy groups -OCH3 is 2. The fourth-order valence-corrected chi connectivity index (χ4v) is 4.94. The molecule has 0 spiro atoms. The highest BCUT2D eigenvalue weighted by Gasteiger charge is 2.16. The molecule has 0 radical (unpaired) electrons. The summed E-state index contributed by atoms with van der Waals surface area (Å²) in [4.78, 5) is 18.4.